The quantitative estimate of drug-likeness (QED) is 0.518. The first-order valence-corrected chi connectivity index (χ1v) is 9.42. The Bertz CT molecular complexity index is 993. The zero-order valence-corrected chi connectivity index (χ0v) is 16.8. The Morgan fingerprint density at radius 3 is 2.71 bits per heavy atom. The number of hydrogen-bond donors (Lipinski definition) is 0. The van der Waals surface area contributed by atoms with E-state index in [1.54, 1.807) is 42.1 Å². The molecule has 2 aromatic carbocycles. The fraction of sp³-hybridized carbons (Fsp3) is 0.190. The zero-order valence-electron chi connectivity index (χ0n) is 15.2. The van der Waals surface area contributed by atoms with Crippen LogP contribution < -0.4 is 4.74 Å². The first-order chi connectivity index (χ1) is 13.5. The lowest BCUT2D eigenvalue weighted by molar-refractivity contribution is -0.152. The van der Waals surface area contributed by atoms with Crippen molar-refractivity contribution in [2.45, 2.75) is 26.2 Å². The van der Waals surface area contributed by atoms with E-state index in [4.69, 9.17) is 14.7 Å². The number of halogens is 1. The van der Waals surface area contributed by atoms with Gasteiger partial charge in [-0.1, -0.05) is 40.2 Å². The van der Waals surface area contributed by atoms with E-state index in [1.807, 2.05) is 36.5 Å². The van der Waals surface area contributed by atoms with Crippen LogP contribution in [0.5, 0.6) is 5.75 Å². The topological polar surface area (TPSA) is 77.1 Å². The van der Waals surface area contributed by atoms with Crippen molar-refractivity contribution in [3.8, 4) is 11.8 Å². The highest BCUT2D eigenvalue weighted by Crippen LogP contribution is 2.18. The van der Waals surface area contributed by atoms with Crippen molar-refractivity contribution >= 4 is 21.9 Å². The number of ether oxygens (including phenoxy) is 2. The average Bonchev–Trinajstić information content (AvgIpc) is 3.15. The summed E-state index contributed by atoms with van der Waals surface area (Å²) in [5.41, 5.74) is 2.28. The van der Waals surface area contributed by atoms with Crippen LogP contribution in [0, 0.1) is 11.3 Å². The Kier molecular flexibility index (Phi) is 6.45. The normalized spacial score (nSPS) is 11.5. The van der Waals surface area contributed by atoms with Gasteiger partial charge in [-0.15, -0.1) is 0 Å². The summed E-state index contributed by atoms with van der Waals surface area (Å²) >= 11 is 3.41. The van der Waals surface area contributed by atoms with Gasteiger partial charge in [-0.25, -0.2) is 4.79 Å². The molecule has 6 nitrogen and oxygen atoms in total. The zero-order chi connectivity index (χ0) is 19.9. The Morgan fingerprint density at radius 1 is 1.21 bits per heavy atom. The molecular weight excluding hydrogens is 422 g/mol. The number of hydrogen-bond acceptors (Lipinski definition) is 5. The molecule has 1 atom stereocenters. The molecule has 0 bridgehead atoms. The largest absolute Gasteiger partial charge is 0.478 e. The highest BCUT2D eigenvalue weighted by molar-refractivity contribution is 9.10. The van der Waals surface area contributed by atoms with Gasteiger partial charge >= 0.3 is 5.97 Å². The van der Waals surface area contributed by atoms with E-state index >= 15 is 0 Å². The average molecular weight is 440 g/mol. The van der Waals surface area contributed by atoms with E-state index in [9.17, 15) is 4.79 Å². The summed E-state index contributed by atoms with van der Waals surface area (Å²) in [5.74, 6) is -0.148. The minimum Gasteiger partial charge on any atom is -0.478 e. The molecule has 7 heteroatoms. The second-order valence-electron chi connectivity index (χ2n) is 6.15. The van der Waals surface area contributed by atoms with Crippen molar-refractivity contribution in [2.24, 2.45) is 0 Å². The molecule has 0 N–H and O–H groups in total. The molecule has 0 saturated carbocycles. The lowest BCUT2D eigenvalue weighted by atomic mass is 10.2. The molecule has 0 aliphatic rings. The van der Waals surface area contributed by atoms with Gasteiger partial charge < -0.3 is 9.47 Å². The fourth-order valence-corrected chi connectivity index (χ4v) is 2.78. The van der Waals surface area contributed by atoms with Gasteiger partial charge in [0.05, 0.1) is 18.3 Å². The van der Waals surface area contributed by atoms with Gasteiger partial charge in [0.1, 0.15) is 18.4 Å². The van der Waals surface area contributed by atoms with Crippen LogP contribution in [-0.2, 0) is 22.7 Å². The summed E-state index contributed by atoms with van der Waals surface area (Å²) in [6.07, 6.45) is 2.68. The van der Waals surface area contributed by atoms with E-state index in [-0.39, 0.29) is 6.61 Å². The van der Waals surface area contributed by atoms with Gasteiger partial charge in [0, 0.05) is 16.2 Å². The summed E-state index contributed by atoms with van der Waals surface area (Å²) in [6, 6.07) is 16.8. The third kappa shape index (κ3) is 5.21. The SMILES string of the molecule is C[C@@H](Oc1ccccc1C#N)C(=O)OCc1cnn(Cc2ccc(Br)cc2)c1. The fourth-order valence-electron chi connectivity index (χ4n) is 2.52. The van der Waals surface area contributed by atoms with Crippen molar-refractivity contribution in [3.05, 3.63) is 82.1 Å². The maximum Gasteiger partial charge on any atom is 0.347 e. The Hall–Kier alpha value is -3.11. The van der Waals surface area contributed by atoms with Crippen molar-refractivity contribution < 1.29 is 14.3 Å². The second-order valence-corrected chi connectivity index (χ2v) is 7.06. The molecule has 3 rings (SSSR count). The number of nitriles is 1. The number of aromatic nitrogens is 2. The third-order valence-electron chi connectivity index (χ3n) is 3.97. The maximum absolute atomic E-state index is 12.2. The van der Waals surface area contributed by atoms with Crippen LogP contribution in [0.4, 0.5) is 0 Å². The van der Waals surface area contributed by atoms with Crippen LogP contribution in [0.25, 0.3) is 0 Å². The molecule has 0 aliphatic carbocycles. The predicted octanol–water partition coefficient (Wildman–Crippen LogP) is 4.08. The number of carbonyl (C=O) groups excluding carboxylic acids is 1. The summed E-state index contributed by atoms with van der Waals surface area (Å²) in [7, 11) is 0. The van der Waals surface area contributed by atoms with E-state index in [0.717, 1.165) is 15.6 Å². The smallest absolute Gasteiger partial charge is 0.347 e. The second kappa shape index (κ2) is 9.20. The van der Waals surface area contributed by atoms with Gasteiger partial charge in [0.25, 0.3) is 0 Å². The van der Waals surface area contributed by atoms with Gasteiger partial charge in [-0.05, 0) is 36.8 Å². The predicted molar refractivity (Wildman–Crippen MR) is 107 cm³/mol. The van der Waals surface area contributed by atoms with Gasteiger partial charge in [-0.2, -0.15) is 10.4 Å². The lowest BCUT2D eigenvalue weighted by Gasteiger charge is -2.14. The number of esters is 1. The summed E-state index contributed by atoms with van der Waals surface area (Å²) < 4.78 is 13.7. The molecule has 28 heavy (non-hydrogen) atoms. The molecule has 0 saturated heterocycles. The van der Waals surface area contributed by atoms with Gasteiger partial charge in [-0.3, -0.25) is 4.68 Å². The number of carbonyl (C=O) groups is 1. The van der Waals surface area contributed by atoms with E-state index in [1.165, 1.54) is 0 Å². The number of benzene rings is 2. The molecule has 142 valence electrons. The van der Waals surface area contributed by atoms with Crippen LogP contribution in [0.15, 0.2) is 65.4 Å². The van der Waals surface area contributed by atoms with Crippen LogP contribution in [-0.4, -0.2) is 21.9 Å². The summed E-state index contributed by atoms with van der Waals surface area (Å²) in [6.45, 7) is 2.33. The monoisotopic (exact) mass is 439 g/mol. The molecule has 0 amide bonds. The van der Waals surface area contributed by atoms with Gasteiger partial charge in [0.15, 0.2) is 6.10 Å². The highest BCUT2D eigenvalue weighted by Gasteiger charge is 2.18. The first kappa shape index (κ1) is 19.6. The molecule has 0 aliphatic heterocycles. The molecule has 0 radical (unpaired) electrons. The molecular formula is C21H18BrN3O3. The molecule has 0 fully saturated rings. The summed E-state index contributed by atoms with van der Waals surface area (Å²) in [4.78, 5) is 12.2. The third-order valence-corrected chi connectivity index (χ3v) is 4.50. The Balaban J connectivity index is 1.52. The van der Waals surface area contributed by atoms with E-state index in [0.29, 0.717) is 17.9 Å². The number of nitrogens with zero attached hydrogens (tertiary/aromatic N) is 3. The number of rotatable bonds is 7. The van der Waals surface area contributed by atoms with Gasteiger partial charge in [0.2, 0.25) is 0 Å². The van der Waals surface area contributed by atoms with E-state index < -0.39 is 12.1 Å². The minimum absolute atomic E-state index is 0.104. The maximum atomic E-state index is 12.2. The molecule has 1 heterocycles. The molecule has 0 spiro atoms. The lowest BCUT2D eigenvalue weighted by Crippen LogP contribution is -2.26. The first-order valence-electron chi connectivity index (χ1n) is 8.63. The Labute approximate surface area is 171 Å². The van der Waals surface area contributed by atoms with Crippen molar-refractivity contribution in [3.63, 3.8) is 0 Å². The minimum atomic E-state index is -0.827. The standard InChI is InChI=1S/C21H18BrN3O3/c1-15(28-20-5-3-2-4-18(20)10-23)21(26)27-14-17-11-24-25(13-17)12-16-6-8-19(22)9-7-16/h2-9,11,13,15H,12,14H2,1H3/t15-/m1/s1. The summed E-state index contributed by atoms with van der Waals surface area (Å²) in [5, 5.41) is 13.4. The molecule has 0 unspecified atom stereocenters. The molecule has 3 aromatic rings. The van der Waals surface area contributed by atoms with E-state index in [2.05, 4.69) is 21.0 Å². The van der Waals surface area contributed by atoms with Crippen LogP contribution in [0.1, 0.15) is 23.6 Å². The molecule has 1 aromatic heterocycles. The Morgan fingerprint density at radius 2 is 1.96 bits per heavy atom. The van der Waals surface area contributed by atoms with Crippen LogP contribution in [0.3, 0.4) is 0 Å². The van der Waals surface area contributed by atoms with Crippen molar-refractivity contribution in [1.29, 1.82) is 5.26 Å². The van der Waals surface area contributed by atoms with Crippen LogP contribution >= 0.6 is 15.9 Å². The van der Waals surface area contributed by atoms with Crippen molar-refractivity contribution in [1.82, 2.24) is 9.78 Å². The van der Waals surface area contributed by atoms with Crippen LogP contribution in [0.2, 0.25) is 0 Å². The highest BCUT2D eigenvalue weighted by atomic mass is 79.9. The van der Waals surface area contributed by atoms with Crippen molar-refractivity contribution in [2.75, 3.05) is 0 Å². The number of para-hydroxylation sites is 1.